The molecule has 0 amide bonds. The number of hydrogen-bond donors (Lipinski definition) is 1. The summed E-state index contributed by atoms with van der Waals surface area (Å²) in [5.41, 5.74) is 3.51. The third-order valence-corrected chi connectivity index (χ3v) is 3.77. The van der Waals surface area contributed by atoms with Gasteiger partial charge >= 0.3 is 0 Å². The van der Waals surface area contributed by atoms with E-state index < -0.39 is 0 Å². The van der Waals surface area contributed by atoms with Gasteiger partial charge in [-0.05, 0) is 37.1 Å². The van der Waals surface area contributed by atoms with Crippen molar-refractivity contribution in [2.24, 2.45) is 0 Å². The van der Waals surface area contributed by atoms with Crippen molar-refractivity contribution in [3.05, 3.63) is 46.2 Å². The SMILES string of the molecule is CNCc1cn([C@@H]2CCc3c(Cl)cccc32)nn1. The van der Waals surface area contributed by atoms with Gasteiger partial charge in [-0.25, -0.2) is 4.68 Å². The van der Waals surface area contributed by atoms with Crippen LogP contribution in [0.25, 0.3) is 0 Å². The van der Waals surface area contributed by atoms with E-state index in [-0.39, 0.29) is 6.04 Å². The van der Waals surface area contributed by atoms with E-state index in [1.54, 1.807) is 0 Å². The molecule has 1 aliphatic carbocycles. The molecule has 0 bridgehead atoms. The summed E-state index contributed by atoms with van der Waals surface area (Å²) in [7, 11) is 1.91. The Bertz CT molecular complexity index is 564. The molecule has 1 heterocycles. The van der Waals surface area contributed by atoms with E-state index in [4.69, 9.17) is 11.6 Å². The highest BCUT2D eigenvalue weighted by molar-refractivity contribution is 6.31. The number of halogens is 1. The first kappa shape index (κ1) is 11.7. The van der Waals surface area contributed by atoms with Crippen LogP contribution in [0.3, 0.4) is 0 Å². The van der Waals surface area contributed by atoms with E-state index >= 15 is 0 Å². The maximum absolute atomic E-state index is 6.22. The van der Waals surface area contributed by atoms with Gasteiger partial charge in [-0.3, -0.25) is 0 Å². The van der Waals surface area contributed by atoms with Crippen molar-refractivity contribution in [1.29, 1.82) is 0 Å². The maximum Gasteiger partial charge on any atom is 0.0965 e. The minimum Gasteiger partial charge on any atom is -0.314 e. The van der Waals surface area contributed by atoms with E-state index in [0.29, 0.717) is 0 Å². The Morgan fingerprint density at radius 1 is 1.50 bits per heavy atom. The van der Waals surface area contributed by atoms with Gasteiger partial charge in [-0.1, -0.05) is 28.9 Å². The molecule has 0 saturated carbocycles. The molecule has 0 saturated heterocycles. The zero-order valence-corrected chi connectivity index (χ0v) is 11.0. The Balaban J connectivity index is 1.93. The van der Waals surface area contributed by atoms with E-state index in [0.717, 1.165) is 30.1 Å². The molecule has 18 heavy (non-hydrogen) atoms. The summed E-state index contributed by atoms with van der Waals surface area (Å²) in [6.45, 7) is 0.745. The fourth-order valence-corrected chi connectivity index (χ4v) is 2.87. The summed E-state index contributed by atoms with van der Waals surface area (Å²) >= 11 is 6.22. The zero-order chi connectivity index (χ0) is 12.5. The molecule has 1 aliphatic rings. The lowest BCUT2D eigenvalue weighted by Gasteiger charge is -2.11. The molecule has 1 aromatic carbocycles. The molecule has 0 radical (unpaired) electrons. The molecule has 2 aromatic rings. The van der Waals surface area contributed by atoms with Gasteiger partial charge in [0, 0.05) is 11.6 Å². The average molecular weight is 263 g/mol. The Morgan fingerprint density at radius 3 is 3.22 bits per heavy atom. The fraction of sp³-hybridized carbons (Fsp3) is 0.385. The molecule has 94 valence electrons. The molecule has 5 heteroatoms. The van der Waals surface area contributed by atoms with Crippen molar-refractivity contribution in [3.8, 4) is 0 Å². The molecule has 0 fully saturated rings. The fourth-order valence-electron chi connectivity index (χ4n) is 2.59. The van der Waals surface area contributed by atoms with E-state index in [2.05, 4.69) is 21.7 Å². The summed E-state index contributed by atoms with van der Waals surface area (Å²) < 4.78 is 1.95. The second-order valence-corrected chi connectivity index (χ2v) is 4.99. The molecule has 4 nitrogen and oxygen atoms in total. The van der Waals surface area contributed by atoms with Crippen LogP contribution in [-0.4, -0.2) is 22.0 Å². The third-order valence-electron chi connectivity index (χ3n) is 3.42. The largest absolute Gasteiger partial charge is 0.314 e. The third kappa shape index (κ3) is 1.91. The van der Waals surface area contributed by atoms with Crippen molar-refractivity contribution in [1.82, 2.24) is 20.3 Å². The lowest BCUT2D eigenvalue weighted by molar-refractivity contribution is 0.504. The highest BCUT2D eigenvalue weighted by Crippen LogP contribution is 2.37. The van der Waals surface area contributed by atoms with Gasteiger partial charge in [0.25, 0.3) is 0 Å². The topological polar surface area (TPSA) is 42.7 Å². The summed E-state index contributed by atoms with van der Waals surface area (Å²) in [6.07, 6.45) is 4.07. The molecule has 1 N–H and O–H groups in total. The number of nitrogens with one attached hydrogen (secondary N) is 1. The minimum absolute atomic E-state index is 0.275. The van der Waals surface area contributed by atoms with E-state index in [9.17, 15) is 0 Å². The highest BCUT2D eigenvalue weighted by Gasteiger charge is 2.26. The first-order valence-electron chi connectivity index (χ1n) is 6.12. The Hall–Kier alpha value is -1.39. The maximum atomic E-state index is 6.22. The van der Waals surface area contributed by atoms with Crippen molar-refractivity contribution in [3.63, 3.8) is 0 Å². The number of nitrogens with zero attached hydrogens (tertiary/aromatic N) is 3. The van der Waals surface area contributed by atoms with Crippen LogP contribution in [0.1, 0.15) is 29.3 Å². The van der Waals surface area contributed by atoms with E-state index in [1.807, 2.05) is 30.1 Å². The first-order valence-corrected chi connectivity index (χ1v) is 6.50. The lowest BCUT2D eigenvalue weighted by atomic mass is 10.1. The first-order chi connectivity index (χ1) is 8.79. The van der Waals surface area contributed by atoms with Crippen LogP contribution in [-0.2, 0) is 13.0 Å². The van der Waals surface area contributed by atoms with Crippen LogP contribution in [0.2, 0.25) is 5.02 Å². The number of fused-ring (bicyclic) bond motifs is 1. The second kappa shape index (κ2) is 4.71. The molecule has 0 aliphatic heterocycles. The van der Waals surface area contributed by atoms with Crippen LogP contribution < -0.4 is 5.32 Å². The monoisotopic (exact) mass is 262 g/mol. The molecule has 1 atom stereocenters. The minimum atomic E-state index is 0.275. The standard InChI is InChI=1S/C13H15ClN4/c1-15-7-9-8-18(17-16-9)13-6-5-10-11(13)3-2-4-12(10)14/h2-4,8,13,15H,5-7H2,1H3/t13-/m1/s1. The van der Waals surface area contributed by atoms with Gasteiger partial charge in [0.2, 0.25) is 0 Å². The number of benzene rings is 1. The lowest BCUT2D eigenvalue weighted by Crippen LogP contribution is -2.08. The van der Waals surface area contributed by atoms with Gasteiger partial charge < -0.3 is 5.32 Å². The molecular formula is C13H15ClN4. The quantitative estimate of drug-likeness (QED) is 0.922. The zero-order valence-electron chi connectivity index (χ0n) is 10.2. The van der Waals surface area contributed by atoms with Crippen LogP contribution in [0.4, 0.5) is 0 Å². The Kier molecular flexibility index (Phi) is 3.06. The molecule has 3 rings (SSSR count). The van der Waals surface area contributed by atoms with Crippen molar-refractivity contribution >= 4 is 11.6 Å². The molecule has 0 spiro atoms. The second-order valence-electron chi connectivity index (χ2n) is 4.58. The normalized spacial score (nSPS) is 18.0. The van der Waals surface area contributed by atoms with Crippen molar-refractivity contribution in [2.75, 3.05) is 7.05 Å². The van der Waals surface area contributed by atoms with Gasteiger partial charge in [-0.15, -0.1) is 5.10 Å². The van der Waals surface area contributed by atoms with Gasteiger partial charge in [0.05, 0.1) is 17.9 Å². The Labute approximate surface area is 111 Å². The van der Waals surface area contributed by atoms with Crippen LogP contribution in [0.5, 0.6) is 0 Å². The summed E-state index contributed by atoms with van der Waals surface area (Å²) in [6, 6.07) is 6.37. The van der Waals surface area contributed by atoms with E-state index in [1.165, 1.54) is 11.1 Å². The number of hydrogen-bond acceptors (Lipinski definition) is 3. The summed E-state index contributed by atoms with van der Waals surface area (Å²) in [5, 5.41) is 12.3. The average Bonchev–Trinajstić information content (AvgIpc) is 2.96. The molecule has 1 aromatic heterocycles. The van der Waals surface area contributed by atoms with Crippen LogP contribution >= 0.6 is 11.6 Å². The Morgan fingerprint density at radius 2 is 2.39 bits per heavy atom. The van der Waals surface area contributed by atoms with Gasteiger partial charge in [-0.2, -0.15) is 0 Å². The van der Waals surface area contributed by atoms with Crippen molar-refractivity contribution in [2.45, 2.75) is 25.4 Å². The van der Waals surface area contributed by atoms with Gasteiger partial charge in [0.15, 0.2) is 0 Å². The number of aromatic nitrogens is 3. The van der Waals surface area contributed by atoms with Gasteiger partial charge in [0.1, 0.15) is 0 Å². The predicted molar refractivity (Wildman–Crippen MR) is 70.7 cm³/mol. The smallest absolute Gasteiger partial charge is 0.0965 e. The molecular weight excluding hydrogens is 248 g/mol. The summed E-state index contributed by atoms with van der Waals surface area (Å²) in [5.74, 6) is 0. The van der Waals surface area contributed by atoms with Crippen molar-refractivity contribution < 1.29 is 0 Å². The highest BCUT2D eigenvalue weighted by atomic mass is 35.5. The predicted octanol–water partition coefficient (Wildman–Crippen LogP) is 2.19. The van der Waals surface area contributed by atoms with Crippen LogP contribution in [0, 0.1) is 0 Å². The summed E-state index contributed by atoms with van der Waals surface area (Å²) in [4.78, 5) is 0. The molecule has 0 unspecified atom stereocenters. The van der Waals surface area contributed by atoms with Crippen LogP contribution in [0.15, 0.2) is 24.4 Å². The number of rotatable bonds is 3.